The average molecular weight is 265 g/mol. The van der Waals surface area contributed by atoms with E-state index in [1.807, 2.05) is 12.1 Å². The number of nitrogens with one attached hydrogen (secondary N) is 2. The van der Waals surface area contributed by atoms with Gasteiger partial charge in [0, 0.05) is 6.04 Å². The Balaban J connectivity index is 2.63. The van der Waals surface area contributed by atoms with Gasteiger partial charge in [0.2, 0.25) is 0 Å². The number of hydrogen-bond donors (Lipinski definition) is 3. The zero-order chi connectivity index (χ0) is 14.3. The number of anilines is 1. The highest BCUT2D eigenvalue weighted by molar-refractivity contribution is 5.91. The van der Waals surface area contributed by atoms with E-state index in [0.717, 1.165) is 6.42 Å². The van der Waals surface area contributed by atoms with E-state index in [1.165, 1.54) is 0 Å². The summed E-state index contributed by atoms with van der Waals surface area (Å²) in [4.78, 5) is 12.0. The van der Waals surface area contributed by atoms with Crippen molar-refractivity contribution in [2.45, 2.75) is 26.3 Å². The number of rotatable bonds is 6. The van der Waals surface area contributed by atoms with Crippen molar-refractivity contribution >= 4 is 11.7 Å². The second-order valence-corrected chi connectivity index (χ2v) is 4.73. The van der Waals surface area contributed by atoms with Gasteiger partial charge in [0.05, 0.1) is 12.8 Å². The second-order valence-electron chi connectivity index (χ2n) is 4.73. The highest BCUT2D eigenvalue weighted by Gasteiger charge is 2.16. The summed E-state index contributed by atoms with van der Waals surface area (Å²) in [7, 11) is 1.57. The molecule has 0 aliphatic rings. The van der Waals surface area contributed by atoms with Gasteiger partial charge in [0.25, 0.3) is 0 Å². The first kappa shape index (κ1) is 15.3. The van der Waals surface area contributed by atoms with Crippen LogP contribution in [-0.4, -0.2) is 25.7 Å². The van der Waals surface area contributed by atoms with Gasteiger partial charge in [-0.25, -0.2) is 4.79 Å². The van der Waals surface area contributed by atoms with E-state index in [9.17, 15) is 4.79 Å². The van der Waals surface area contributed by atoms with E-state index in [-0.39, 0.29) is 12.1 Å². The molecule has 0 saturated heterocycles. The molecular weight excluding hydrogens is 242 g/mol. The first-order valence-electron chi connectivity index (χ1n) is 6.49. The van der Waals surface area contributed by atoms with Crippen LogP contribution in [0.3, 0.4) is 0 Å². The second kappa shape index (κ2) is 7.63. The highest BCUT2D eigenvalue weighted by atomic mass is 16.5. The topological polar surface area (TPSA) is 76.4 Å². The summed E-state index contributed by atoms with van der Waals surface area (Å²) in [6.07, 6.45) is 0.761. The average Bonchev–Trinajstić information content (AvgIpc) is 2.38. The number of hydrogen-bond acceptors (Lipinski definition) is 3. The van der Waals surface area contributed by atoms with Gasteiger partial charge in [0.15, 0.2) is 0 Å². The van der Waals surface area contributed by atoms with E-state index in [2.05, 4.69) is 24.5 Å². The lowest BCUT2D eigenvalue weighted by Gasteiger charge is -2.22. The number of nitrogens with two attached hydrogens (primary N) is 1. The van der Waals surface area contributed by atoms with Crippen molar-refractivity contribution < 1.29 is 9.53 Å². The maximum absolute atomic E-state index is 12.0. The Morgan fingerprint density at radius 2 is 2.05 bits per heavy atom. The zero-order valence-electron chi connectivity index (χ0n) is 11.8. The van der Waals surface area contributed by atoms with Crippen LogP contribution in [-0.2, 0) is 0 Å². The third-order valence-corrected chi connectivity index (χ3v) is 2.95. The summed E-state index contributed by atoms with van der Waals surface area (Å²) >= 11 is 0. The molecule has 0 spiro atoms. The van der Waals surface area contributed by atoms with E-state index in [0.29, 0.717) is 23.9 Å². The number of benzene rings is 1. The number of ether oxygens (including phenoxy) is 1. The summed E-state index contributed by atoms with van der Waals surface area (Å²) in [5, 5.41) is 5.72. The summed E-state index contributed by atoms with van der Waals surface area (Å²) in [5.41, 5.74) is 6.20. The fourth-order valence-electron chi connectivity index (χ4n) is 1.83. The Bertz CT molecular complexity index is 407. The van der Waals surface area contributed by atoms with Crippen molar-refractivity contribution in [2.24, 2.45) is 11.7 Å². The SMILES string of the molecule is COc1ccccc1NC(=O)NC(CCN)C(C)C. The van der Waals surface area contributed by atoms with Gasteiger partial charge in [-0.05, 0) is 31.0 Å². The van der Waals surface area contributed by atoms with Crippen LogP contribution in [0.15, 0.2) is 24.3 Å². The Morgan fingerprint density at radius 1 is 1.37 bits per heavy atom. The molecule has 0 aromatic heterocycles. The van der Waals surface area contributed by atoms with E-state index >= 15 is 0 Å². The van der Waals surface area contributed by atoms with Crippen LogP contribution in [0, 0.1) is 5.92 Å². The standard InChI is InChI=1S/C14H23N3O2/c1-10(2)11(8-9-15)16-14(18)17-12-6-4-5-7-13(12)19-3/h4-7,10-11H,8-9,15H2,1-3H3,(H2,16,17,18). The molecule has 0 saturated carbocycles. The van der Waals surface area contributed by atoms with Crippen molar-refractivity contribution in [1.29, 1.82) is 0 Å². The molecule has 0 aliphatic carbocycles. The summed E-state index contributed by atoms with van der Waals surface area (Å²) in [6.45, 7) is 4.67. The molecule has 0 bridgehead atoms. The fraction of sp³-hybridized carbons (Fsp3) is 0.500. The monoisotopic (exact) mass is 265 g/mol. The van der Waals surface area contributed by atoms with E-state index < -0.39 is 0 Å². The van der Waals surface area contributed by atoms with Gasteiger partial charge in [-0.1, -0.05) is 26.0 Å². The lowest BCUT2D eigenvalue weighted by molar-refractivity contribution is 0.243. The molecule has 1 unspecified atom stereocenters. The quantitative estimate of drug-likeness (QED) is 0.738. The minimum atomic E-state index is -0.239. The van der Waals surface area contributed by atoms with Crippen molar-refractivity contribution in [2.75, 3.05) is 19.0 Å². The molecule has 5 nitrogen and oxygen atoms in total. The Hall–Kier alpha value is -1.75. The van der Waals surface area contributed by atoms with Crippen molar-refractivity contribution in [3.8, 4) is 5.75 Å². The molecule has 19 heavy (non-hydrogen) atoms. The molecule has 0 fully saturated rings. The van der Waals surface area contributed by atoms with Crippen molar-refractivity contribution in [3.63, 3.8) is 0 Å². The molecule has 4 N–H and O–H groups in total. The van der Waals surface area contributed by atoms with Gasteiger partial charge >= 0.3 is 6.03 Å². The minimum absolute atomic E-state index is 0.0692. The molecule has 5 heteroatoms. The fourth-order valence-corrected chi connectivity index (χ4v) is 1.83. The summed E-state index contributed by atoms with van der Waals surface area (Å²) < 4.78 is 5.18. The Morgan fingerprint density at radius 3 is 2.63 bits per heavy atom. The third kappa shape index (κ3) is 4.79. The number of methoxy groups -OCH3 is 1. The molecule has 2 amide bonds. The van der Waals surface area contributed by atoms with E-state index in [1.54, 1.807) is 19.2 Å². The number of carbonyl (C=O) groups is 1. The van der Waals surface area contributed by atoms with Crippen LogP contribution >= 0.6 is 0 Å². The predicted molar refractivity (Wildman–Crippen MR) is 77.4 cm³/mol. The van der Waals surface area contributed by atoms with Crippen LogP contribution in [0.5, 0.6) is 5.75 Å². The van der Waals surface area contributed by atoms with Crippen molar-refractivity contribution in [3.05, 3.63) is 24.3 Å². The van der Waals surface area contributed by atoms with Crippen molar-refractivity contribution in [1.82, 2.24) is 5.32 Å². The summed E-state index contributed by atoms with van der Waals surface area (Å²) in [6, 6.07) is 7.13. The zero-order valence-corrected chi connectivity index (χ0v) is 11.8. The largest absolute Gasteiger partial charge is 0.495 e. The van der Waals surface area contributed by atoms with Gasteiger partial charge in [-0.3, -0.25) is 0 Å². The van der Waals surface area contributed by atoms with Crippen LogP contribution < -0.4 is 21.1 Å². The normalized spacial score (nSPS) is 12.1. The first-order chi connectivity index (χ1) is 9.08. The number of amides is 2. The van der Waals surface area contributed by atoms with Gasteiger partial charge in [-0.2, -0.15) is 0 Å². The highest BCUT2D eigenvalue weighted by Crippen LogP contribution is 2.22. The number of urea groups is 1. The lowest BCUT2D eigenvalue weighted by atomic mass is 10.0. The molecule has 1 aromatic rings. The maximum atomic E-state index is 12.0. The molecule has 0 heterocycles. The third-order valence-electron chi connectivity index (χ3n) is 2.95. The van der Waals surface area contributed by atoms with Crippen LogP contribution in [0.4, 0.5) is 10.5 Å². The Kier molecular flexibility index (Phi) is 6.15. The number of carbonyl (C=O) groups excluding carboxylic acids is 1. The maximum Gasteiger partial charge on any atom is 0.319 e. The van der Waals surface area contributed by atoms with Gasteiger partial charge in [0.1, 0.15) is 5.75 Å². The summed E-state index contributed by atoms with van der Waals surface area (Å²) in [5.74, 6) is 0.976. The Labute approximate surface area is 114 Å². The van der Waals surface area contributed by atoms with Crippen LogP contribution in [0.1, 0.15) is 20.3 Å². The molecule has 1 atom stereocenters. The molecule has 1 rings (SSSR count). The smallest absolute Gasteiger partial charge is 0.319 e. The molecular formula is C14H23N3O2. The van der Waals surface area contributed by atoms with Gasteiger partial charge < -0.3 is 21.1 Å². The predicted octanol–water partition coefficient (Wildman–Crippen LogP) is 2.19. The molecule has 0 radical (unpaired) electrons. The van der Waals surface area contributed by atoms with Crippen LogP contribution in [0.2, 0.25) is 0 Å². The van der Waals surface area contributed by atoms with Gasteiger partial charge in [-0.15, -0.1) is 0 Å². The number of para-hydroxylation sites is 2. The minimum Gasteiger partial charge on any atom is -0.495 e. The van der Waals surface area contributed by atoms with Crippen LogP contribution in [0.25, 0.3) is 0 Å². The van der Waals surface area contributed by atoms with E-state index in [4.69, 9.17) is 10.5 Å². The molecule has 106 valence electrons. The molecule has 0 aliphatic heterocycles. The lowest BCUT2D eigenvalue weighted by Crippen LogP contribution is -2.42. The first-order valence-corrected chi connectivity index (χ1v) is 6.49. The molecule has 1 aromatic carbocycles.